The lowest BCUT2D eigenvalue weighted by molar-refractivity contribution is -0.134. The number of amides is 1. The van der Waals surface area contributed by atoms with Gasteiger partial charge in [0.25, 0.3) is 0 Å². The smallest absolute Gasteiger partial charge is 0.236 e. The molecular formula is C15H30N2O2. The van der Waals surface area contributed by atoms with E-state index in [1.165, 1.54) is 0 Å². The van der Waals surface area contributed by atoms with Crippen LogP contribution in [-0.4, -0.2) is 62.1 Å². The Hall–Kier alpha value is -0.610. The van der Waals surface area contributed by atoms with Crippen LogP contribution in [-0.2, 0) is 9.53 Å². The van der Waals surface area contributed by atoms with Gasteiger partial charge in [-0.25, -0.2) is 0 Å². The second-order valence-corrected chi connectivity index (χ2v) is 5.82. The first-order chi connectivity index (χ1) is 9.08. The molecular weight excluding hydrogens is 240 g/mol. The number of piperidine rings is 1. The van der Waals surface area contributed by atoms with Crippen LogP contribution in [0.5, 0.6) is 0 Å². The van der Waals surface area contributed by atoms with Gasteiger partial charge in [-0.05, 0) is 31.2 Å². The maximum absolute atomic E-state index is 12.3. The molecule has 0 bridgehead atoms. The second kappa shape index (κ2) is 8.54. The molecule has 1 aliphatic rings. The fourth-order valence-electron chi connectivity index (χ4n) is 2.68. The van der Waals surface area contributed by atoms with E-state index in [0.29, 0.717) is 13.2 Å². The van der Waals surface area contributed by atoms with Gasteiger partial charge in [-0.3, -0.25) is 9.69 Å². The average molecular weight is 270 g/mol. The molecule has 1 amide bonds. The predicted octanol–water partition coefficient (Wildman–Crippen LogP) is 1.85. The van der Waals surface area contributed by atoms with Gasteiger partial charge < -0.3 is 9.64 Å². The summed E-state index contributed by atoms with van der Waals surface area (Å²) in [5.74, 6) is 1.81. The molecule has 1 aliphatic heterocycles. The minimum absolute atomic E-state index is 0.278. The molecule has 0 spiro atoms. The molecule has 4 heteroatoms. The Morgan fingerprint density at radius 3 is 2.47 bits per heavy atom. The van der Waals surface area contributed by atoms with Crippen LogP contribution in [0.15, 0.2) is 0 Å². The van der Waals surface area contributed by atoms with E-state index in [1.807, 2.05) is 4.90 Å². The van der Waals surface area contributed by atoms with Crippen molar-refractivity contribution in [1.82, 2.24) is 9.80 Å². The van der Waals surface area contributed by atoms with Gasteiger partial charge in [0.05, 0.1) is 13.2 Å². The highest BCUT2D eigenvalue weighted by atomic mass is 16.5. The van der Waals surface area contributed by atoms with Crippen LogP contribution in [0.25, 0.3) is 0 Å². The Balaban J connectivity index is 2.33. The highest BCUT2D eigenvalue weighted by molar-refractivity contribution is 5.78. The maximum Gasteiger partial charge on any atom is 0.236 e. The first-order valence-electron chi connectivity index (χ1n) is 7.57. The maximum atomic E-state index is 12.3. The number of hydrogen-bond donors (Lipinski definition) is 0. The minimum Gasteiger partial charge on any atom is -0.383 e. The van der Waals surface area contributed by atoms with Crippen LogP contribution >= 0.6 is 0 Å². The van der Waals surface area contributed by atoms with E-state index in [1.54, 1.807) is 7.11 Å². The lowest BCUT2D eigenvalue weighted by atomic mass is 9.87. The molecule has 0 saturated carbocycles. The van der Waals surface area contributed by atoms with Gasteiger partial charge in [-0.2, -0.15) is 0 Å². The van der Waals surface area contributed by atoms with Crippen molar-refractivity contribution in [2.75, 3.05) is 46.4 Å². The van der Waals surface area contributed by atoms with Crippen LogP contribution < -0.4 is 0 Å². The van der Waals surface area contributed by atoms with Crippen molar-refractivity contribution in [2.45, 2.75) is 33.6 Å². The first kappa shape index (κ1) is 16.4. The van der Waals surface area contributed by atoms with Crippen LogP contribution in [0, 0.1) is 11.8 Å². The predicted molar refractivity (Wildman–Crippen MR) is 78.1 cm³/mol. The van der Waals surface area contributed by atoms with Crippen molar-refractivity contribution in [1.29, 1.82) is 0 Å². The second-order valence-electron chi connectivity index (χ2n) is 5.82. The van der Waals surface area contributed by atoms with E-state index in [-0.39, 0.29) is 5.91 Å². The number of likely N-dealkylation sites (tertiary alicyclic amines) is 1. The number of carbonyl (C=O) groups excluding carboxylic acids is 1. The Morgan fingerprint density at radius 2 is 2.00 bits per heavy atom. The van der Waals surface area contributed by atoms with Crippen molar-refractivity contribution in [3.05, 3.63) is 0 Å². The zero-order valence-electron chi connectivity index (χ0n) is 13.0. The van der Waals surface area contributed by atoms with Crippen molar-refractivity contribution < 1.29 is 9.53 Å². The molecule has 19 heavy (non-hydrogen) atoms. The van der Waals surface area contributed by atoms with Crippen molar-refractivity contribution in [3.8, 4) is 0 Å². The number of methoxy groups -OCH3 is 1. The molecule has 0 aromatic rings. The highest BCUT2D eigenvalue weighted by Gasteiger charge is 2.25. The summed E-state index contributed by atoms with van der Waals surface area (Å²) < 4.78 is 5.08. The zero-order valence-corrected chi connectivity index (χ0v) is 13.0. The lowest BCUT2D eigenvalue weighted by Gasteiger charge is -2.35. The summed E-state index contributed by atoms with van der Waals surface area (Å²) in [6.45, 7) is 11.5. The van der Waals surface area contributed by atoms with Crippen LogP contribution in [0.2, 0.25) is 0 Å². The Labute approximate surface area is 118 Å². The Morgan fingerprint density at radius 1 is 1.37 bits per heavy atom. The molecule has 0 aromatic carbocycles. The number of hydrogen-bond acceptors (Lipinski definition) is 3. The van der Waals surface area contributed by atoms with E-state index in [4.69, 9.17) is 4.74 Å². The summed E-state index contributed by atoms with van der Waals surface area (Å²) in [6.07, 6.45) is 2.32. The molecule has 0 atom stereocenters. The van der Waals surface area contributed by atoms with Crippen molar-refractivity contribution >= 4 is 5.91 Å². The number of ether oxygens (including phenoxy) is 1. The van der Waals surface area contributed by atoms with E-state index < -0.39 is 0 Å². The summed E-state index contributed by atoms with van der Waals surface area (Å²) in [5, 5.41) is 0. The highest BCUT2D eigenvalue weighted by Crippen LogP contribution is 2.24. The Kier molecular flexibility index (Phi) is 7.39. The van der Waals surface area contributed by atoms with Crippen LogP contribution in [0.3, 0.4) is 0 Å². The molecule has 1 saturated heterocycles. The Bertz CT molecular complexity index is 261. The molecule has 0 unspecified atom stereocenters. The molecule has 112 valence electrons. The van der Waals surface area contributed by atoms with Gasteiger partial charge in [0.15, 0.2) is 0 Å². The summed E-state index contributed by atoms with van der Waals surface area (Å²) in [6, 6.07) is 0. The van der Waals surface area contributed by atoms with Crippen LogP contribution in [0.4, 0.5) is 0 Å². The summed E-state index contributed by atoms with van der Waals surface area (Å²) in [4.78, 5) is 16.4. The first-order valence-corrected chi connectivity index (χ1v) is 7.57. The number of rotatable bonds is 7. The molecule has 0 aliphatic carbocycles. The molecule has 1 heterocycles. The van der Waals surface area contributed by atoms with E-state index in [9.17, 15) is 4.79 Å². The lowest BCUT2D eigenvalue weighted by Crippen LogP contribution is -2.45. The average Bonchev–Trinajstić information content (AvgIpc) is 2.43. The summed E-state index contributed by atoms with van der Waals surface area (Å²) >= 11 is 0. The topological polar surface area (TPSA) is 32.8 Å². The van der Waals surface area contributed by atoms with E-state index >= 15 is 0 Å². The third kappa shape index (κ3) is 5.49. The largest absolute Gasteiger partial charge is 0.383 e. The fraction of sp³-hybridized carbons (Fsp3) is 0.933. The molecule has 1 fully saturated rings. The summed E-state index contributed by atoms with van der Waals surface area (Å²) in [7, 11) is 1.70. The molecule has 0 radical (unpaired) electrons. The standard InChI is InChI=1S/C15H30N2O2/c1-5-16(10-11-19-4)12-15(18)17-8-6-14(7-9-17)13(2)3/h13-14H,5-12H2,1-4H3. The van der Waals surface area contributed by atoms with Crippen molar-refractivity contribution in [3.63, 3.8) is 0 Å². The van der Waals surface area contributed by atoms with Crippen molar-refractivity contribution in [2.24, 2.45) is 11.8 Å². The van der Waals surface area contributed by atoms with E-state index in [2.05, 4.69) is 25.7 Å². The quantitative estimate of drug-likeness (QED) is 0.708. The van der Waals surface area contributed by atoms with Gasteiger partial charge in [0, 0.05) is 26.7 Å². The SMILES string of the molecule is CCN(CCOC)CC(=O)N1CCC(C(C)C)CC1. The molecule has 0 N–H and O–H groups in total. The van der Waals surface area contributed by atoms with Gasteiger partial charge in [0.2, 0.25) is 5.91 Å². The third-order valence-electron chi connectivity index (χ3n) is 4.25. The normalized spacial score (nSPS) is 17.5. The fourth-order valence-corrected chi connectivity index (χ4v) is 2.68. The minimum atomic E-state index is 0.278. The van der Waals surface area contributed by atoms with E-state index in [0.717, 1.165) is 50.9 Å². The molecule has 1 rings (SSSR count). The number of nitrogens with zero attached hydrogens (tertiary/aromatic N) is 2. The van der Waals surface area contributed by atoms with Gasteiger partial charge in [0.1, 0.15) is 0 Å². The third-order valence-corrected chi connectivity index (χ3v) is 4.25. The summed E-state index contributed by atoms with van der Waals surface area (Å²) in [5.41, 5.74) is 0. The van der Waals surface area contributed by atoms with Gasteiger partial charge in [-0.15, -0.1) is 0 Å². The van der Waals surface area contributed by atoms with Crippen LogP contribution in [0.1, 0.15) is 33.6 Å². The number of carbonyl (C=O) groups is 1. The monoisotopic (exact) mass is 270 g/mol. The number of likely N-dealkylation sites (N-methyl/N-ethyl adjacent to an activating group) is 1. The molecule has 4 nitrogen and oxygen atoms in total. The molecule has 0 aromatic heterocycles. The zero-order chi connectivity index (χ0) is 14.3. The van der Waals surface area contributed by atoms with Gasteiger partial charge in [-0.1, -0.05) is 20.8 Å². The van der Waals surface area contributed by atoms with Gasteiger partial charge >= 0.3 is 0 Å².